The smallest absolute Gasteiger partial charge is 0.212 e. The van der Waals surface area contributed by atoms with Crippen LogP contribution in [0.2, 0.25) is 0 Å². The van der Waals surface area contributed by atoms with Crippen LogP contribution in [0.15, 0.2) is 40.8 Å². The van der Waals surface area contributed by atoms with E-state index in [0.717, 1.165) is 16.2 Å². The topological polar surface area (TPSA) is 43.3 Å². The van der Waals surface area contributed by atoms with Gasteiger partial charge >= 0.3 is 0 Å². The van der Waals surface area contributed by atoms with Crippen molar-refractivity contribution in [3.05, 3.63) is 46.2 Å². The van der Waals surface area contributed by atoms with E-state index in [9.17, 15) is 0 Å². The third kappa shape index (κ3) is 1.44. The second kappa shape index (κ2) is 3.67. The Hall–Kier alpha value is -1.55. The number of nitrogens with two attached hydrogens (primary N) is 1. The fraction of sp³-hybridized carbons (Fsp3) is 0.100. The van der Waals surface area contributed by atoms with Crippen molar-refractivity contribution >= 4 is 11.3 Å². The number of para-hydroxylation sites is 1. The van der Waals surface area contributed by atoms with E-state index in [4.69, 9.17) is 5.84 Å². The van der Waals surface area contributed by atoms with Crippen molar-refractivity contribution in [1.29, 1.82) is 0 Å². The van der Waals surface area contributed by atoms with Crippen LogP contribution in [0, 0.1) is 6.92 Å². The molecule has 14 heavy (non-hydrogen) atoms. The van der Waals surface area contributed by atoms with Gasteiger partial charge in [-0.05, 0) is 19.1 Å². The molecule has 0 unspecified atom stereocenters. The van der Waals surface area contributed by atoms with Crippen LogP contribution in [0.3, 0.4) is 0 Å². The Labute approximate surface area is 86.1 Å². The Kier molecular flexibility index (Phi) is 2.37. The lowest BCUT2D eigenvalue weighted by atomic mass is 10.3. The number of nitrogens with zero attached hydrogens (tertiary/aromatic N) is 2. The third-order valence-electron chi connectivity index (χ3n) is 2.00. The van der Waals surface area contributed by atoms with Crippen LogP contribution in [-0.4, -0.2) is 4.57 Å². The van der Waals surface area contributed by atoms with E-state index in [1.54, 1.807) is 11.3 Å². The van der Waals surface area contributed by atoms with Gasteiger partial charge in [-0.15, -0.1) is 11.3 Å². The summed E-state index contributed by atoms with van der Waals surface area (Å²) in [5, 5.41) is 5.79. The Bertz CT molecular complexity index is 482. The summed E-state index contributed by atoms with van der Waals surface area (Å²) in [4.78, 5) is 0.814. The van der Waals surface area contributed by atoms with Crippen LogP contribution < -0.4 is 10.6 Å². The van der Waals surface area contributed by atoms with E-state index < -0.39 is 0 Å². The lowest BCUT2D eigenvalue weighted by Gasteiger charge is -2.04. The van der Waals surface area contributed by atoms with Crippen LogP contribution in [0.5, 0.6) is 0 Å². The van der Waals surface area contributed by atoms with Crippen molar-refractivity contribution in [2.75, 3.05) is 0 Å². The van der Waals surface area contributed by atoms with Gasteiger partial charge in [-0.25, -0.2) is 0 Å². The first-order valence-electron chi connectivity index (χ1n) is 4.29. The minimum absolute atomic E-state index is 0.814. The molecule has 1 aromatic heterocycles. The second-order valence-electron chi connectivity index (χ2n) is 2.96. The average molecular weight is 205 g/mol. The molecule has 0 atom stereocenters. The SMILES string of the molecule is Cc1csc(=NN)n1-c1ccccc1. The first-order valence-corrected chi connectivity index (χ1v) is 5.17. The lowest BCUT2D eigenvalue weighted by Crippen LogP contribution is -2.15. The Morgan fingerprint density at radius 3 is 2.64 bits per heavy atom. The van der Waals surface area contributed by atoms with Crippen molar-refractivity contribution in [2.45, 2.75) is 6.92 Å². The molecule has 0 saturated heterocycles. The molecule has 2 aromatic rings. The lowest BCUT2D eigenvalue weighted by molar-refractivity contribution is 0.926. The fourth-order valence-corrected chi connectivity index (χ4v) is 2.17. The average Bonchev–Trinajstić information content (AvgIpc) is 2.61. The number of thiazole rings is 1. The van der Waals surface area contributed by atoms with E-state index in [-0.39, 0.29) is 0 Å². The maximum absolute atomic E-state index is 5.32. The van der Waals surface area contributed by atoms with E-state index in [1.165, 1.54) is 0 Å². The van der Waals surface area contributed by atoms with Gasteiger partial charge in [0.25, 0.3) is 0 Å². The van der Waals surface area contributed by atoms with Crippen molar-refractivity contribution < 1.29 is 0 Å². The Morgan fingerprint density at radius 1 is 1.29 bits per heavy atom. The zero-order valence-electron chi connectivity index (χ0n) is 7.84. The Balaban J connectivity index is 2.68. The second-order valence-corrected chi connectivity index (χ2v) is 3.80. The largest absolute Gasteiger partial charge is 0.320 e. The maximum atomic E-state index is 5.32. The summed E-state index contributed by atoms with van der Waals surface area (Å²) in [5.74, 6) is 5.32. The van der Waals surface area contributed by atoms with E-state index >= 15 is 0 Å². The zero-order valence-corrected chi connectivity index (χ0v) is 8.66. The highest BCUT2D eigenvalue weighted by Crippen LogP contribution is 2.09. The fourth-order valence-electron chi connectivity index (χ4n) is 1.37. The molecule has 0 spiro atoms. The molecule has 0 bridgehead atoms. The molecular formula is C10H11N3S. The van der Waals surface area contributed by atoms with Crippen LogP contribution in [-0.2, 0) is 0 Å². The van der Waals surface area contributed by atoms with Crippen molar-refractivity contribution in [1.82, 2.24) is 4.57 Å². The maximum Gasteiger partial charge on any atom is 0.212 e. The quantitative estimate of drug-likeness (QED) is 0.558. The van der Waals surface area contributed by atoms with Crippen LogP contribution in [0.1, 0.15) is 5.69 Å². The van der Waals surface area contributed by atoms with Gasteiger partial charge in [0, 0.05) is 16.8 Å². The van der Waals surface area contributed by atoms with Gasteiger partial charge < -0.3 is 5.84 Å². The summed E-state index contributed by atoms with van der Waals surface area (Å²) in [6, 6.07) is 10.1. The molecule has 3 nitrogen and oxygen atoms in total. The zero-order chi connectivity index (χ0) is 9.97. The molecule has 72 valence electrons. The molecule has 1 heterocycles. The first-order chi connectivity index (χ1) is 6.83. The standard InChI is InChI=1S/C10H11N3S/c1-8-7-14-10(12-11)13(8)9-5-3-2-4-6-9/h2-7H,11H2,1H3. The number of aryl methyl sites for hydroxylation is 1. The number of benzene rings is 1. The number of hydrogen-bond donors (Lipinski definition) is 1. The van der Waals surface area contributed by atoms with Crippen LogP contribution >= 0.6 is 11.3 Å². The monoisotopic (exact) mass is 205 g/mol. The molecule has 0 saturated carbocycles. The normalized spacial score (nSPS) is 11.9. The van der Waals surface area contributed by atoms with Crippen molar-refractivity contribution in [3.63, 3.8) is 0 Å². The molecule has 0 amide bonds. The van der Waals surface area contributed by atoms with Gasteiger partial charge in [0.15, 0.2) is 0 Å². The van der Waals surface area contributed by atoms with Crippen molar-refractivity contribution in [3.8, 4) is 5.69 Å². The predicted molar refractivity (Wildman–Crippen MR) is 58.1 cm³/mol. The molecule has 1 aromatic carbocycles. The minimum Gasteiger partial charge on any atom is -0.320 e. The first kappa shape index (κ1) is 9.02. The number of rotatable bonds is 1. The molecule has 0 fully saturated rings. The molecule has 0 aliphatic carbocycles. The van der Waals surface area contributed by atoms with E-state index in [1.807, 2.05) is 47.2 Å². The summed E-state index contributed by atoms with van der Waals surface area (Å²) in [6.07, 6.45) is 0. The summed E-state index contributed by atoms with van der Waals surface area (Å²) >= 11 is 1.54. The summed E-state index contributed by atoms with van der Waals surface area (Å²) < 4.78 is 2.03. The van der Waals surface area contributed by atoms with Gasteiger partial charge in [0.1, 0.15) is 0 Å². The molecule has 0 radical (unpaired) electrons. The highest BCUT2D eigenvalue weighted by molar-refractivity contribution is 7.07. The highest BCUT2D eigenvalue weighted by atomic mass is 32.1. The number of hydrogen-bond acceptors (Lipinski definition) is 3. The molecule has 0 aliphatic rings. The molecule has 2 rings (SSSR count). The summed E-state index contributed by atoms with van der Waals surface area (Å²) in [7, 11) is 0. The van der Waals surface area contributed by atoms with Gasteiger partial charge in [0.2, 0.25) is 4.80 Å². The predicted octanol–water partition coefficient (Wildman–Crippen LogP) is 1.62. The van der Waals surface area contributed by atoms with Gasteiger partial charge in [-0.2, -0.15) is 5.10 Å². The summed E-state index contributed by atoms with van der Waals surface area (Å²) in [5.41, 5.74) is 2.24. The molecule has 0 aliphatic heterocycles. The van der Waals surface area contributed by atoms with Crippen molar-refractivity contribution in [2.24, 2.45) is 10.9 Å². The minimum atomic E-state index is 0.814. The molecule has 2 N–H and O–H groups in total. The molecular weight excluding hydrogens is 194 g/mol. The van der Waals surface area contributed by atoms with Crippen LogP contribution in [0.25, 0.3) is 5.69 Å². The highest BCUT2D eigenvalue weighted by Gasteiger charge is 2.02. The third-order valence-corrected chi connectivity index (χ3v) is 2.96. The molecule has 4 heteroatoms. The number of aromatic nitrogens is 1. The van der Waals surface area contributed by atoms with E-state index in [0.29, 0.717) is 0 Å². The van der Waals surface area contributed by atoms with E-state index in [2.05, 4.69) is 5.10 Å². The van der Waals surface area contributed by atoms with Gasteiger partial charge in [-0.1, -0.05) is 18.2 Å². The van der Waals surface area contributed by atoms with Gasteiger partial charge in [0.05, 0.1) is 0 Å². The van der Waals surface area contributed by atoms with Crippen LogP contribution in [0.4, 0.5) is 0 Å². The Morgan fingerprint density at radius 2 is 2.00 bits per heavy atom. The summed E-state index contributed by atoms with van der Waals surface area (Å²) in [6.45, 7) is 2.04. The van der Waals surface area contributed by atoms with Gasteiger partial charge in [-0.3, -0.25) is 4.57 Å².